The minimum absolute atomic E-state index is 0.0712. The maximum absolute atomic E-state index is 13.6. The first kappa shape index (κ1) is 17.4. The molecule has 2 aromatic rings. The molecule has 4 nitrogen and oxygen atoms in total. The summed E-state index contributed by atoms with van der Waals surface area (Å²) in [6, 6.07) is 13.8. The van der Waals surface area contributed by atoms with Crippen molar-refractivity contribution in [1.82, 2.24) is 4.90 Å². The van der Waals surface area contributed by atoms with Gasteiger partial charge in [-0.1, -0.05) is 30.3 Å². The van der Waals surface area contributed by atoms with Crippen LogP contribution in [0.5, 0.6) is 5.75 Å². The Bertz CT molecular complexity index is 758. The summed E-state index contributed by atoms with van der Waals surface area (Å²) in [6.45, 7) is 0.453. The Morgan fingerprint density at radius 3 is 2.64 bits per heavy atom. The van der Waals surface area contributed by atoms with Gasteiger partial charge in [-0.3, -0.25) is 4.79 Å². The van der Waals surface area contributed by atoms with Gasteiger partial charge < -0.3 is 14.7 Å². The molecular weight excluding hydrogens is 321 g/mol. The van der Waals surface area contributed by atoms with E-state index in [1.54, 1.807) is 24.1 Å². The zero-order valence-electron chi connectivity index (χ0n) is 14.2. The van der Waals surface area contributed by atoms with Crippen LogP contribution < -0.4 is 4.74 Å². The summed E-state index contributed by atoms with van der Waals surface area (Å²) >= 11 is 0. The van der Waals surface area contributed by atoms with E-state index >= 15 is 0 Å². The predicted octanol–water partition coefficient (Wildman–Crippen LogP) is 2.89. The molecule has 1 amide bonds. The molecule has 0 unspecified atom stereocenters. The van der Waals surface area contributed by atoms with Gasteiger partial charge in [0.05, 0.1) is 19.1 Å². The molecule has 0 spiro atoms. The minimum atomic E-state index is -0.667. The Kier molecular flexibility index (Phi) is 5.04. The van der Waals surface area contributed by atoms with Gasteiger partial charge in [0.15, 0.2) is 0 Å². The first-order valence-electron chi connectivity index (χ1n) is 8.39. The van der Waals surface area contributed by atoms with Crippen LogP contribution in [0.3, 0.4) is 0 Å². The molecule has 0 aliphatic heterocycles. The highest BCUT2D eigenvalue weighted by Crippen LogP contribution is 2.50. The van der Waals surface area contributed by atoms with Gasteiger partial charge in [-0.2, -0.15) is 0 Å². The maximum atomic E-state index is 13.6. The van der Waals surface area contributed by atoms with E-state index in [9.17, 15) is 14.3 Å². The molecule has 1 aliphatic carbocycles. The Balaban J connectivity index is 1.86. The maximum Gasteiger partial charge on any atom is 0.233 e. The average Bonchev–Trinajstić information content (AvgIpc) is 3.43. The van der Waals surface area contributed by atoms with E-state index in [0.29, 0.717) is 30.7 Å². The van der Waals surface area contributed by atoms with Crippen molar-refractivity contribution < 1.29 is 19.0 Å². The lowest BCUT2D eigenvalue weighted by molar-refractivity contribution is -0.135. The van der Waals surface area contributed by atoms with Gasteiger partial charge in [0.1, 0.15) is 11.6 Å². The molecule has 1 N–H and O–H groups in total. The number of aliphatic hydroxyl groups excluding tert-OH is 1. The van der Waals surface area contributed by atoms with Crippen molar-refractivity contribution in [2.45, 2.75) is 24.8 Å². The molecule has 2 aromatic carbocycles. The summed E-state index contributed by atoms with van der Waals surface area (Å²) in [5, 5.41) is 9.41. The zero-order valence-corrected chi connectivity index (χ0v) is 14.2. The lowest BCUT2D eigenvalue weighted by Gasteiger charge is -2.28. The molecular formula is C20H22FNO3. The smallest absolute Gasteiger partial charge is 0.233 e. The van der Waals surface area contributed by atoms with E-state index in [2.05, 4.69) is 0 Å². The second-order valence-corrected chi connectivity index (χ2v) is 6.35. The predicted molar refractivity (Wildman–Crippen MR) is 92.8 cm³/mol. The zero-order chi connectivity index (χ0) is 17.9. The van der Waals surface area contributed by atoms with Crippen LogP contribution in [0.1, 0.15) is 24.0 Å². The van der Waals surface area contributed by atoms with Crippen LogP contribution in [0.4, 0.5) is 4.39 Å². The molecule has 3 rings (SSSR count). The summed E-state index contributed by atoms with van der Waals surface area (Å²) in [6.07, 6.45) is 1.40. The first-order chi connectivity index (χ1) is 12.1. The molecule has 1 aliphatic rings. The normalized spacial score (nSPS) is 14.8. The van der Waals surface area contributed by atoms with Crippen molar-refractivity contribution in [2.24, 2.45) is 0 Å². The van der Waals surface area contributed by atoms with Crippen molar-refractivity contribution >= 4 is 5.91 Å². The van der Waals surface area contributed by atoms with E-state index in [-0.39, 0.29) is 24.9 Å². The van der Waals surface area contributed by atoms with Crippen molar-refractivity contribution in [1.29, 1.82) is 0 Å². The van der Waals surface area contributed by atoms with Crippen molar-refractivity contribution in [2.75, 3.05) is 20.3 Å². The number of rotatable bonds is 7. The number of hydrogen-bond donors (Lipinski definition) is 1. The van der Waals surface area contributed by atoms with Gasteiger partial charge in [0.25, 0.3) is 0 Å². The average molecular weight is 343 g/mol. The summed E-state index contributed by atoms with van der Waals surface area (Å²) in [5.74, 6) is 0.293. The fourth-order valence-electron chi connectivity index (χ4n) is 3.25. The number of para-hydroxylation sites is 1. The van der Waals surface area contributed by atoms with Gasteiger partial charge in [-0.05, 0) is 36.6 Å². The standard InChI is InChI=1S/C20H22FNO3/c1-25-18-8-3-2-5-15(18)14-22(11-12-23)19(24)20(9-10-20)16-6-4-7-17(21)13-16/h2-8,13,23H,9-12,14H2,1H3. The molecule has 132 valence electrons. The van der Waals surface area contributed by atoms with Gasteiger partial charge in [0, 0.05) is 18.7 Å². The number of benzene rings is 2. The van der Waals surface area contributed by atoms with E-state index in [1.807, 2.05) is 24.3 Å². The van der Waals surface area contributed by atoms with Crippen LogP contribution in [0.15, 0.2) is 48.5 Å². The van der Waals surface area contributed by atoms with E-state index in [0.717, 1.165) is 5.56 Å². The van der Waals surface area contributed by atoms with E-state index < -0.39 is 5.41 Å². The monoisotopic (exact) mass is 343 g/mol. The fourth-order valence-corrected chi connectivity index (χ4v) is 3.25. The highest BCUT2D eigenvalue weighted by atomic mass is 19.1. The van der Waals surface area contributed by atoms with Gasteiger partial charge in [0.2, 0.25) is 5.91 Å². The highest BCUT2D eigenvalue weighted by molar-refractivity contribution is 5.91. The third-order valence-corrected chi connectivity index (χ3v) is 4.75. The summed E-state index contributed by atoms with van der Waals surface area (Å²) in [7, 11) is 1.59. The van der Waals surface area contributed by atoms with Crippen LogP contribution in [-0.2, 0) is 16.8 Å². The van der Waals surface area contributed by atoms with Gasteiger partial charge in [-0.15, -0.1) is 0 Å². The SMILES string of the molecule is COc1ccccc1CN(CCO)C(=O)C1(c2cccc(F)c2)CC1. The van der Waals surface area contributed by atoms with Gasteiger partial charge in [-0.25, -0.2) is 4.39 Å². The number of aliphatic hydroxyl groups is 1. The number of amides is 1. The lowest BCUT2D eigenvalue weighted by Crippen LogP contribution is -2.40. The number of carbonyl (C=O) groups excluding carboxylic acids is 1. The molecule has 0 atom stereocenters. The molecule has 0 aromatic heterocycles. The van der Waals surface area contributed by atoms with Crippen LogP contribution >= 0.6 is 0 Å². The van der Waals surface area contributed by atoms with Crippen molar-refractivity contribution in [3.63, 3.8) is 0 Å². The lowest BCUT2D eigenvalue weighted by atomic mass is 9.94. The third kappa shape index (κ3) is 3.51. The summed E-state index contributed by atoms with van der Waals surface area (Å²) < 4.78 is 19.0. The van der Waals surface area contributed by atoms with Crippen LogP contribution in [-0.4, -0.2) is 36.2 Å². The number of methoxy groups -OCH3 is 1. The molecule has 25 heavy (non-hydrogen) atoms. The Morgan fingerprint density at radius 1 is 1.24 bits per heavy atom. The second-order valence-electron chi connectivity index (χ2n) is 6.35. The van der Waals surface area contributed by atoms with Crippen molar-refractivity contribution in [3.05, 3.63) is 65.5 Å². The Hall–Kier alpha value is -2.40. The molecule has 0 bridgehead atoms. The summed E-state index contributed by atoms with van der Waals surface area (Å²) in [5.41, 5.74) is 0.918. The fraction of sp³-hybridized carbons (Fsp3) is 0.350. The van der Waals surface area contributed by atoms with E-state index in [1.165, 1.54) is 12.1 Å². The number of hydrogen-bond acceptors (Lipinski definition) is 3. The second kappa shape index (κ2) is 7.23. The van der Waals surface area contributed by atoms with Crippen molar-refractivity contribution in [3.8, 4) is 5.75 Å². The number of halogens is 1. The quantitative estimate of drug-likeness (QED) is 0.841. The molecule has 1 saturated carbocycles. The number of ether oxygens (including phenoxy) is 1. The first-order valence-corrected chi connectivity index (χ1v) is 8.39. The largest absolute Gasteiger partial charge is 0.496 e. The third-order valence-electron chi connectivity index (χ3n) is 4.75. The number of nitrogens with zero attached hydrogens (tertiary/aromatic N) is 1. The van der Waals surface area contributed by atoms with Crippen LogP contribution in [0, 0.1) is 5.82 Å². The minimum Gasteiger partial charge on any atom is -0.496 e. The van der Waals surface area contributed by atoms with Crippen LogP contribution in [0.2, 0.25) is 0 Å². The van der Waals surface area contributed by atoms with E-state index in [4.69, 9.17) is 4.74 Å². The Labute approximate surface area is 146 Å². The summed E-state index contributed by atoms with van der Waals surface area (Å²) in [4.78, 5) is 14.8. The number of carbonyl (C=O) groups is 1. The topological polar surface area (TPSA) is 49.8 Å². The highest BCUT2D eigenvalue weighted by Gasteiger charge is 2.53. The molecule has 0 saturated heterocycles. The molecule has 1 fully saturated rings. The van der Waals surface area contributed by atoms with Crippen LogP contribution in [0.25, 0.3) is 0 Å². The molecule has 0 radical (unpaired) electrons. The molecule has 0 heterocycles. The Morgan fingerprint density at radius 2 is 2.00 bits per heavy atom. The van der Waals surface area contributed by atoms with Gasteiger partial charge >= 0.3 is 0 Å². The molecule has 5 heteroatoms.